The molecule has 2 aliphatic rings. The summed E-state index contributed by atoms with van der Waals surface area (Å²) < 4.78 is 5.04. The Balaban J connectivity index is 2.21. The van der Waals surface area contributed by atoms with E-state index in [2.05, 4.69) is 12.1 Å². The lowest BCUT2D eigenvalue weighted by molar-refractivity contribution is -0.136. The highest BCUT2D eigenvalue weighted by molar-refractivity contribution is 6.02. The number of esters is 1. The molecule has 2 nitrogen and oxygen atoms in total. The molecule has 0 bridgehead atoms. The SMILES string of the molecule is O=C1OCC2=C1CCc1ccccc12. The topological polar surface area (TPSA) is 26.3 Å². The van der Waals surface area contributed by atoms with E-state index in [4.69, 9.17) is 4.74 Å². The molecule has 1 aromatic rings. The fraction of sp³-hybridized carbons (Fsp3) is 0.250. The van der Waals surface area contributed by atoms with Crippen molar-refractivity contribution in [3.63, 3.8) is 0 Å². The summed E-state index contributed by atoms with van der Waals surface area (Å²) in [6.07, 6.45) is 1.80. The van der Waals surface area contributed by atoms with Crippen LogP contribution in [0, 0.1) is 0 Å². The van der Waals surface area contributed by atoms with Gasteiger partial charge in [-0.05, 0) is 24.0 Å². The third-order valence-corrected chi connectivity index (χ3v) is 2.95. The minimum atomic E-state index is -0.116. The van der Waals surface area contributed by atoms with Gasteiger partial charge in [-0.1, -0.05) is 24.3 Å². The average Bonchev–Trinajstić information content (AvgIpc) is 2.61. The Morgan fingerprint density at radius 3 is 2.86 bits per heavy atom. The van der Waals surface area contributed by atoms with Crippen LogP contribution in [0.5, 0.6) is 0 Å². The van der Waals surface area contributed by atoms with Crippen molar-refractivity contribution in [3.05, 3.63) is 41.0 Å². The van der Waals surface area contributed by atoms with Crippen molar-refractivity contribution in [3.8, 4) is 0 Å². The van der Waals surface area contributed by atoms with Crippen molar-refractivity contribution in [1.29, 1.82) is 0 Å². The standard InChI is InChI=1S/C12H10O2/c13-12-10-6-5-8-3-1-2-4-9(8)11(10)7-14-12/h1-4H,5-7H2. The predicted molar refractivity (Wildman–Crippen MR) is 52.6 cm³/mol. The van der Waals surface area contributed by atoms with Crippen LogP contribution in [0.15, 0.2) is 29.8 Å². The monoisotopic (exact) mass is 186 g/mol. The number of carbonyl (C=O) groups excluding carboxylic acids is 1. The van der Waals surface area contributed by atoms with Gasteiger partial charge in [-0.25, -0.2) is 4.79 Å². The Labute approximate surface area is 82.2 Å². The molecule has 0 aromatic heterocycles. The number of aryl methyl sites for hydroxylation is 1. The fourth-order valence-corrected chi connectivity index (χ4v) is 2.22. The first-order chi connectivity index (χ1) is 6.86. The lowest BCUT2D eigenvalue weighted by Crippen LogP contribution is -2.05. The summed E-state index contributed by atoms with van der Waals surface area (Å²) in [5.41, 5.74) is 4.55. The minimum absolute atomic E-state index is 0.116. The Morgan fingerprint density at radius 1 is 1.07 bits per heavy atom. The van der Waals surface area contributed by atoms with Crippen molar-refractivity contribution in [2.24, 2.45) is 0 Å². The van der Waals surface area contributed by atoms with Crippen LogP contribution in [0.25, 0.3) is 5.57 Å². The van der Waals surface area contributed by atoms with Gasteiger partial charge >= 0.3 is 5.97 Å². The molecule has 0 saturated heterocycles. The summed E-state index contributed by atoms with van der Waals surface area (Å²) in [5.74, 6) is -0.116. The van der Waals surface area contributed by atoms with Gasteiger partial charge in [-0.15, -0.1) is 0 Å². The smallest absolute Gasteiger partial charge is 0.334 e. The summed E-state index contributed by atoms with van der Waals surface area (Å²) in [4.78, 5) is 11.3. The van der Waals surface area contributed by atoms with E-state index in [0.29, 0.717) is 6.61 Å². The molecular formula is C12H10O2. The summed E-state index contributed by atoms with van der Waals surface area (Å²) in [7, 11) is 0. The Hall–Kier alpha value is -1.57. The first kappa shape index (κ1) is 7.80. The molecule has 0 amide bonds. The highest BCUT2D eigenvalue weighted by atomic mass is 16.5. The van der Waals surface area contributed by atoms with Crippen LogP contribution in [0.1, 0.15) is 17.5 Å². The van der Waals surface area contributed by atoms with Crippen molar-refractivity contribution in [2.45, 2.75) is 12.8 Å². The van der Waals surface area contributed by atoms with Crippen molar-refractivity contribution >= 4 is 11.5 Å². The van der Waals surface area contributed by atoms with E-state index >= 15 is 0 Å². The Kier molecular flexibility index (Phi) is 1.51. The number of carbonyl (C=O) groups is 1. The largest absolute Gasteiger partial charge is 0.457 e. The molecule has 0 spiro atoms. The number of hydrogen-bond donors (Lipinski definition) is 0. The zero-order valence-corrected chi connectivity index (χ0v) is 7.75. The van der Waals surface area contributed by atoms with Crippen LogP contribution in [-0.4, -0.2) is 12.6 Å². The third kappa shape index (κ3) is 0.939. The zero-order chi connectivity index (χ0) is 9.54. The van der Waals surface area contributed by atoms with Gasteiger partial charge in [-0.2, -0.15) is 0 Å². The van der Waals surface area contributed by atoms with E-state index in [1.807, 2.05) is 12.1 Å². The van der Waals surface area contributed by atoms with Gasteiger partial charge in [-0.3, -0.25) is 0 Å². The molecule has 0 N–H and O–H groups in total. The zero-order valence-electron chi connectivity index (χ0n) is 7.75. The van der Waals surface area contributed by atoms with E-state index in [1.165, 1.54) is 11.1 Å². The van der Waals surface area contributed by atoms with Crippen molar-refractivity contribution < 1.29 is 9.53 Å². The molecule has 3 rings (SSSR count). The predicted octanol–water partition coefficient (Wildman–Crippen LogP) is 1.94. The first-order valence-corrected chi connectivity index (χ1v) is 4.83. The number of benzene rings is 1. The normalized spacial score (nSPS) is 19.0. The molecule has 0 radical (unpaired) electrons. The van der Waals surface area contributed by atoms with Crippen LogP contribution < -0.4 is 0 Å². The van der Waals surface area contributed by atoms with E-state index in [1.54, 1.807) is 0 Å². The molecular weight excluding hydrogens is 176 g/mol. The van der Waals surface area contributed by atoms with Gasteiger partial charge < -0.3 is 4.74 Å². The summed E-state index contributed by atoms with van der Waals surface area (Å²) in [5, 5.41) is 0. The highest BCUT2D eigenvalue weighted by Gasteiger charge is 2.29. The maximum absolute atomic E-state index is 11.3. The molecule has 1 aliphatic heterocycles. The van der Waals surface area contributed by atoms with Gasteiger partial charge in [0.05, 0.1) is 0 Å². The van der Waals surface area contributed by atoms with Gasteiger partial charge in [0.25, 0.3) is 0 Å². The molecule has 1 aromatic carbocycles. The van der Waals surface area contributed by atoms with Crippen LogP contribution >= 0.6 is 0 Å². The quantitative estimate of drug-likeness (QED) is 0.579. The van der Waals surface area contributed by atoms with Crippen LogP contribution in [0.4, 0.5) is 0 Å². The summed E-state index contributed by atoms with van der Waals surface area (Å²) in [6.45, 7) is 0.463. The van der Waals surface area contributed by atoms with Gasteiger partial charge in [0.2, 0.25) is 0 Å². The molecule has 1 aliphatic carbocycles. The number of fused-ring (bicyclic) bond motifs is 2. The van der Waals surface area contributed by atoms with Gasteiger partial charge in [0.1, 0.15) is 6.61 Å². The Morgan fingerprint density at radius 2 is 1.93 bits per heavy atom. The van der Waals surface area contributed by atoms with E-state index in [-0.39, 0.29) is 5.97 Å². The van der Waals surface area contributed by atoms with Gasteiger partial charge in [0, 0.05) is 11.1 Å². The van der Waals surface area contributed by atoms with Crippen LogP contribution in [-0.2, 0) is 16.0 Å². The molecule has 0 unspecified atom stereocenters. The number of ether oxygens (including phenoxy) is 1. The second kappa shape index (κ2) is 2.71. The minimum Gasteiger partial charge on any atom is -0.457 e. The van der Waals surface area contributed by atoms with Crippen LogP contribution in [0.3, 0.4) is 0 Å². The summed E-state index contributed by atoms with van der Waals surface area (Å²) in [6, 6.07) is 8.26. The number of cyclic esters (lactones) is 1. The molecule has 14 heavy (non-hydrogen) atoms. The molecule has 0 atom stereocenters. The summed E-state index contributed by atoms with van der Waals surface area (Å²) >= 11 is 0. The third-order valence-electron chi connectivity index (χ3n) is 2.95. The van der Waals surface area contributed by atoms with Crippen molar-refractivity contribution in [2.75, 3.05) is 6.61 Å². The number of rotatable bonds is 0. The van der Waals surface area contributed by atoms with Crippen LogP contribution in [0.2, 0.25) is 0 Å². The van der Waals surface area contributed by atoms with Crippen molar-refractivity contribution in [1.82, 2.24) is 0 Å². The van der Waals surface area contributed by atoms with E-state index in [0.717, 1.165) is 24.0 Å². The molecule has 0 saturated carbocycles. The van der Waals surface area contributed by atoms with E-state index < -0.39 is 0 Å². The lowest BCUT2D eigenvalue weighted by Gasteiger charge is -2.15. The van der Waals surface area contributed by atoms with Gasteiger partial charge in [0.15, 0.2) is 0 Å². The second-order valence-corrected chi connectivity index (χ2v) is 3.69. The second-order valence-electron chi connectivity index (χ2n) is 3.69. The fourth-order valence-electron chi connectivity index (χ4n) is 2.22. The lowest BCUT2D eigenvalue weighted by atomic mass is 9.87. The van der Waals surface area contributed by atoms with E-state index in [9.17, 15) is 4.79 Å². The maximum atomic E-state index is 11.3. The molecule has 0 fully saturated rings. The maximum Gasteiger partial charge on any atom is 0.334 e. The molecule has 1 heterocycles. The average molecular weight is 186 g/mol. The first-order valence-electron chi connectivity index (χ1n) is 4.83. The molecule has 2 heteroatoms. The molecule has 70 valence electrons. The highest BCUT2D eigenvalue weighted by Crippen LogP contribution is 2.35. The Bertz CT molecular complexity index is 443. The number of hydrogen-bond acceptors (Lipinski definition) is 2.